The Labute approximate surface area is 114 Å². The highest BCUT2D eigenvalue weighted by molar-refractivity contribution is 6.31. The second-order valence-corrected chi connectivity index (χ2v) is 5.77. The average Bonchev–Trinajstić information content (AvgIpc) is 2.63. The van der Waals surface area contributed by atoms with Crippen LogP contribution in [-0.4, -0.2) is 10.6 Å². The van der Waals surface area contributed by atoms with Crippen LogP contribution in [0.4, 0.5) is 0 Å². The highest BCUT2D eigenvalue weighted by Crippen LogP contribution is 2.26. The summed E-state index contributed by atoms with van der Waals surface area (Å²) >= 11 is 6.06. The molecule has 3 heteroatoms. The van der Waals surface area contributed by atoms with Gasteiger partial charge in [-0.3, -0.25) is 0 Å². The van der Waals surface area contributed by atoms with Gasteiger partial charge in [0, 0.05) is 40.2 Å². The molecule has 98 valence electrons. The van der Waals surface area contributed by atoms with Crippen molar-refractivity contribution in [1.29, 1.82) is 0 Å². The molecule has 0 saturated heterocycles. The molecule has 0 saturated carbocycles. The van der Waals surface area contributed by atoms with Crippen LogP contribution in [-0.2, 0) is 6.54 Å². The quantitative estimate of drug-likeness (QED) is 0.868. The van der Waals surface area contributed by atoms with E-state index in [2.05, 4.69) is 49.7 Å². The molecule has 0 aliphatic rings. The molecule has 0 radical (unpaired) electrons. The van der Waals surface area contributed by atoms with Gasteiger partial charge in [-0.15, -0.1) is 0 Å². The smallest absolute Gasteiger partial charge is 0.0486 e. The van der Waals surface area contributed by atoms with Gasteiger partial charge < -0.3 is 9.88 Å². The molecule has 0 bridgehead atoms. The number of rotatable bonds is 4. The van der Waals surface area contributed by atoms with E-state index in [1.807, 2.05) is 12.1 Å². The van der Waals surface area contributed by atoms with Crippen LogP contribution in [0.15, 0.2) is 24.3 Å². The van der Waals surface area contributed by atoms with E-state index in [4.69, 9.17) is 11.6 Å². The van der Waals surface area contributed by atoms with Crippen LogP contribution in [0, 0.1) is 0 Å². The van der Waals surface area contributed by atoms with Crippen molar-refractivity contribution >= 4 is 22.5 Å². The summed E-state index contributed by atoms with van der Waals surface area (Å²) in [4.78, 5) is 0. The van der Waals surface area contributed by atoms with Gasteiger partial charge in [-0.25, -0.2) is 0 Å². The third kappa shape index (κ3) is 2.70. The second-order valence-electron chi connectivity index (χ2n) is 5.34. The first-order chi connectivity index (χ1) is 8.49. The van der Waals surface area contributed by atoms with Gasteiger partial charge in [0.05, 0.1) is 0 Å². The fourth-order valence-electron chi connectivity index (χ4n) is 2.32. The lowest BCUT2D eigenvalue weighted by Gasteiger charge is -2.16. The minimum atomic E-state index is 0.452. The Morgan fingerprint density at radius 1 is 1.17 bits per heavy atom. The number of hydrogen-bond donors (Lipinski definition) is 1. The SMILES string of the molecule is CC(C)NCc1cc2cc(Cl)ccc2n1C(C)C. The normalized spacial score (nSPS) is 11.9. The molecule has 0 unspecified atom stereocenters. The van der Waals surface area contributed by atoms with Crippen molar-refractivity contribution in [2.45, 2.75) is 46.3 Å². The number of aromatic nitrogens is 1. The molecule has 1 heterocycles. The fraction of sp³-hybridized carbons (Fsp3) is 0.467. The van der Waals surface area contributed by atoms with Crippen LogP contribution in [0.5, 0.6) is 0 Å². The summed E-state index contributed by atoms with van der Waals surface area (Å²) in [5.74, 6) is 0. The molecule has 2 rings (SSSR count). The lowest BCUT2D eigenvalue weighted by molar-refractivity contribution is 0.534. The molecule has 0 amide bonds. The second kappa shape index (κ2) is 5.33. The number of benzene rings is 1. The van der Waals surface area contributed by atoms with E-state index in [0.29, 0.717) is 12.1 Å². The molecule has 0 spiro atoms. The summed E-state index contributed by atoms with van der Waals surface area (Å²) in [5, 5.41) is 5.50. The van der Waals surface area contributed by atoms with Crippen molar-refractivity contribution in [2.75, 3.05) is 0 Å². The minimum Gasteiger partial charge on any atom is -0.341 e. The molecule has 2 nitrogen and oxygen atoms in total. The van der Waals surface area contributed by atoms with E-state index in [-0.39, 0.29) is 0 Å². The Morgan fingerprint density at radius 3 is 2.50 bits per heavy atom. The number of hydrogen-bond acceptors (Lipinski definition) is 1. The standard InChI is InChI=1S/C15H21ClN2/c1-10(2)17-9-14-8-12-7-13(16)5-6-15(12)18(14)11(3)4/h5-8,10-11,17H,9H2,1-4H3. The molecule has 0 fully saturated rings. The molecule has 0 aliphatic heterocycles. The zero-order valence-corrected chi connectivity index (χ0v) is 12.3. The fourth-order valence-corrected chi connectivity index (χ4v) is 2.50. The Morgan fingerprint density at radius 2 is 1.89 bits per heavy atom. The van der Waals surface area contributed by atoms with E-state index in [0.717, 1.165) is 11.6 Å². The van der Waals surface area contributed by atoms with E-state index >= 15 is 0 Å². The molecule has 0 atom stereocenters. The van der Waals surface area contributed by atoms with Crippen molar-refractivity contribution in [2.24, 2.45) is 0 Å². The van der Waals surface area contributed by atoms with Gasteiger partial charge >= 0.3 is 0 Å². The van der Waals surface area contributed by atoms with Crippen molar-refractivity contribution in [1.82, 2.24) is 9.88 Å². The zero-order chi connectivity index (χ0) is 13.3. The zero-order valence-electron chi connectivity index (χ0n) is 11.5. The maximum absolute atomic E-state index is 6.06. The predicted octanol–water partition coefficient (Wildman–Crippen LogP) is 4.37. The summed E-state index contributed by atoms with van der Waals surface area (Å²) in [6.45, 7) is 9.65. The largest absolute Gasteiger partial charge is 0.341 e. The van der Waals surface area contributed by atoms with E-state index in [1.54, 1.807) is 0 Å². The summed E-state index contributed by atoms with van der Waals surface area (Å²) in [6, 6.07) is 9.28. The Bertz CT molecular complexity index is 541. The van der Waals surface area contributed by atoms with Crippen LogP contribution in [0.1, 0.15) is 39.4 Å². The Balaban J connectivity index is 2.47. The van der Waals surface area contributed by atoms with Gasteiger partial charge in [0.15, 0.2) is 0 Å². The molecule has 0 aliphatic carbocycles. The van der Waals surface area contributed by atoms with E-state index in [1.165, 1.54) is 16.6 Å². The number of fused-ring (bicyclic) bond motifs is 1. The van der Waals surface area contributed by atoms with E-state index in [9.17, 15) is 0 Å². The summed E-state index contributed by atoms with van der Waals surface area (Å²) in [5.41, 5.74) is 2.57. The van der Waals surface area contributed by atoms with Gasteiger partial charge in [-0.1, -0.05) is 25.4 Å². The first kappa shape index (κ1) is 13.4. The highest BCUT2D eigenvalue weighted by atomic mass is 35.5. The van der Waals surface area contributed by atoms with Crippen LogP contribution in [0.2, 0.25) is 5.02 Å². The van der Waals surface area contributed by atoms with Gasteiger partial charge in [-0.05, 0) is 38.1 Å². The predicted molar refractivity (Wildman–Crippen MR) is 79.3 cm³/mol. The Kier molecular flexibility index (Phi) is 3.98. The van der Waals surface area contributed by atoms with Gasteiger partial charge in [0.2, 0.25) is 0 Å². The number of nitrogens with one attached hydrogen (secondary N) is 1. The molecule has 18 heavy (non-hydrogen) atoms. The molecule has 1 aromatic heterocycles. The molecule has 1 N–H and O–H groups in total. The molecular formula is C15H21ClN2. The van der Waals surface area contributed by atoms with Gasteiger partial charge in [-0.2, -0.15) is 0 Å². The Hall–Kier alpha value is -0.990. The lowest BCUT2D eigenvalue weighted by Crippen LogP contribution is -2.23. The average molecular weight is 265 g/mol. The van der Waals surface area contributed by atoms with Crippen molar-refractivity contribution in [3.63, 3.8) is 0 Å². The van der Waals surface area contributed by atoms with Crippen molar-refractivity contribution in [3.05, 3.63) is 35.0 Å². The van der Waals surface area contributed by atoms with Crippen molar-refractivity contribution < 1.29 is 0 Å². The molecular weight excluding hydrogens is 244 g/mol. The maximum Gasteiger partial charge on any atom is 0.0486 e. The van der Waals surface area contributed by atoms with Crippen LogP contribution < -0.4 is 5.32 Å². The molecule has 1 aromatic carbocycles. The first-order valence-electron chi connectivity index (χ1n) is 6.51. The summed E-state index contributed by atoms with van der Waals surface area (Å²) in [7, 11) is 0. The van der Waals surface area contributed by atoms with Crippen LogP contribution in [0.3, 0.4) is 0 Å². The lowest BCUT2D eigenvalue weighted by atomic mass is 10.2. The third-order valence-electron chi connectivity index (χ3n) is 3.09. The van der Waals surface area contributed by atoms with E-state index < -0.39 is 0 Å². The third-order valence-corrected chi connectivity index (χ3v) is 3.32. The van der Waals surface area contributed by atoms with Crippen LogP contribution in [0.25, 0.3) is 10.9 Å². The topological polar surface area (TPSA) is 17.0 Å². The molecule has 2 aromatic rings. The number of nitrogens with zero attached hydrogens (tertiary/aromatic N) is 1. The number of halogens is 1. The summed E-state index contributed by atoms with van der Waals surface area (Å²) in [6.07, 6.45) is 0. The van der Waals surface area contributed by atoms with Crippen molar-refractivity contribution in [3.8, 4) is 0 Å². The maximum atomic E-state index is 6.06. The van der Waals surface area contributed by atoms with Gasteiger partial charge in [0.25, 0.3) is 0 Å². The summed E-state index contributed by atoms with van der Waals surface area (Å²) < 4.78 is 2.38. The van der Waals surface area contributed by atoms with Crippen LogP contribution >= 0.6 is 11.6 Å². The highest BCUT2D eigenvalue weighted by Gasteiger charge is 2.11. The minimum absolute atomic E-state index is 0.452. The van der Waals surface area contributed by atoms with Gasteiger partial charge in [0.1, 0.15) is 0 Å². The monoisotopic (exact) mass is 264 g/mol. The first-order valence-corrected chi connectivity index (χ1v) is 6.89.